The zero-order valence-corrected chi connectivity index (χ0v) is 16.5. The predicted molar refractivity (Wildman–Crippen MR) is 109 cm³/mol. The van der Waals surface area contributed by atoms with Crippen LogP contribution in [0.2, 0.25) is 0 Å². The summed E-state index contributed by atoms with van der Waals surface area (Å²) in [5, 5.41) is 12.1. The van der Waals surface area contributed by atoms with Crippen LogP contribution >= 0.6 is 0 Å². The lowest BCUT2D eigenvalue weighted by molar-refractivity contribution is -0.142. The minimum Gasteiger partial charge on any atom is -0.490 e. The fourth-order valence-electron chi connectivity index (χ4n) is 2.35. The van der Waals surface area contributed by atoms with Crippen molar-refractivity contribution < 1.29 is 23.8 Å². The lowest BCUT2D eigenvalue weighted by atomic mass is 10.1. The number of amides is 1. The molecule has 0 fully saturated rings. The Kier molecular flexibility index (Phi) is 7.80. The fourth-order valence-corrected chi connectivity index (χ4v) is 2.35. The first-order chi connectivity index (χ1) is 14.0. The number of nitrogens with one attached hydrogen (secondary N) is 1. The molecule has 29 heavy (non-hydrogen) atoms. The third-order valence-electron chi connectivity index (χ3n) is 3.83. The lowest BCUT2D eigenvalue weighted by Gasteiger charge is -2.12. The number of anilines is 1. The van der Waals surface area contributed by atoms with Gasteiger partial charge in [0.1, 0.15) is 11.6 Å². The van der Waals surface area contributed by atoms with Crippen LogP contribution in [0.25, 0.3) is 6.08 Å². The van der Waals surface area contributed by atoms with Crippen molar-refractivity contribution in [1.82, 2.24) is 0 Å². The van der Waals surface area contributed by atoms with Crippen LogP contribution in [0.3, 0.4) is 0 Å². The van der Waals surface area contributed by atoms with Gasteiger partial charge in [-0.3, -0.25) is 4.79 Å². The Morgan fingerprint density at radius 2 is 1.83 bits per heavy atom. The predicted octanol–water partition coefficient (Wildman–Crippen LogP) is 3.49. The number of hydrogen-bond donors (Lipinski definition) is 1. The van der Waals surface area contributed by atoms with Crippen LogP contribution in [0.1, 0.15) is 18.1 Å². The van der Waals surface area contributed by atoms with Gasteiger partial charge in [-0.25, -0.2) is 4.79 Å². The highest BCUT2D eigenvalue weighted by atomic mass is 16.6. The molecule has 1 amide bonds. The van der Waals surface area contributed by atoms with E-state index >= 15 is 0 Å². The van der Waals surface area contributed by atoms with Gasteiger partial charge in [0.25, 0.3) is 5.91 Å². The van der Waals surface area contributed by atoms with E-state index in [0.717, 1.165) is 5.56 Å². The Morgan fingerprint density at radius 3 is 2.45 bits per heavy atom. The minimum absolute atomic E-state index is 0.0590. The first-order valence-corrected chi connectivity index (χ1v) is 8.93. The third kappa shape index (κ3) is 6.40. The largest absolute Gasteiger partial charge is 0.490 e. The molecular formula is C22H22N2O5. The summed E-state index contributed by atoms with van der Waals surface area (Å²) >= 11 is 0. The number of carbonyl (C=O) groups is 2. The van der Waals surface area contributed by atoms with Crippen LogP contribution in [-0.2, 0) is 14.3 Å². The van der Waals surface area contributed by atoms with E-state index in [2.05, 4.69) is 10.1 Å². The van der Waals surface area contributed by atoms with Crippen LogP contribution in [0.5, 0.6) is 11.5 Å². The maximum absolute atomic E-state index is 12.4. The minimum atomic E-state index is -0.518. The summed E-state index contributed by atoms with van der Waals surface area (Å²) in [6, 6.07) is 14.1. The van der Waals surface area contributed by atoms with E-state index in [0.29, 0.717) is 29.4 Å². The van der Waals surface area contributed by atoms with Gasteiger partial charge in [0.05, 0.1) is 13.7 Å². The average molecular weight is 394 g/mol. The number of rotatable bonds is 8. The van der Waals surface area contributed by atoms with E-state index in [-0.39, 0.29) is 12.2 Å². The summed E-state index contributed by atoms with van der Waals surface area (Å²) in [5.41, 5.74) is 2.19. The molecule has 2 aromatic carbocycles. The van der Waals surface area contributed by atoms with E-state index in [1.165, 1.54) is 13.2 Å². The van der Waals surface area contributed by atoms with Crippen molar-refractivity contribution in [2.24, 2.45) is 0 Å². The van der Waals surface area contributed by atoms with Crippen molar-refractivity contribution >= 4 is 23.6 Å². The number of aryl methyl sites for hydroxylation is 1. The van der Waals surface area contributed by atoms with Crippen molar-refractivity contribution in [3.63, 3.8) is 0 Å². The SMILES string of the molecule is CCOc1cc(/C=C(\C#N)C(=O)Nc2ccc(C)cc2)ccc1OCC(=O)OC. The van der Waals surface area contributed by atoms with E-state index in [4.69, 9.17) is 9.47 Å². The highest BCUT2D eigenvalue weighted by molar-refractivity contribution is 6.09. The van der Waals surface area contributed by atoms with Crippen LogP contribution in [-0.4, -0.2) is 32.2 Å². The molecule has 0 aromatic heterocycles. The molecule has 150 valence electrons. The molecule has 0 bridgehead atoms. The maximum Gasteiger partial charge on any atom is 0.343 e. The Balaban J connectivity index is 2.21. The van der Waals surface area contributed by atoms with Gasteiger partial charge in [0.15, 0.2) is 18.1 Å². The molecule has 0 spiro atoms. The molecule has 2 rings (SSSR count). The Labute approximate surface area is 169 Å². The molecule has 0 aliphatic carbocycles. The topological polar surface area (TPSA) is 97.6 Å². The Bertz CT molecular complexity index is 943. The highest BCUT2D eigenvalue weighted by Gasteiger charge is 2.12. The zero-order chi connectivity index (χ0) is 21.2. The molecule has 7 heteroatoms. The normalized spacial score (nSPS) is 10.6. The van der Waals surface area contributed by atoms with Gasteiger partial charge in [0, 0.05) is 5.69 Å². The van der Waals surface area contributed by atoms with E-state index in [1.54, 1.807) is 30.3 Å². The maximum atomic E-state index is 12.4. The summed E-state index contributed by atoms with van der Waals surface area (Å²) < 4.78 is 15.5. The van der Waals surface area contributed by atoms with E-state index in [9.17, 15) is 14.9 Å². The first kappa shape index (κ1) is 21.5. The summed E-state index contributed by atoms with van der Waals surface area (Å²) in [7, 11) is 1.27. The van der Waals surface area contributed by atoms with Crippen molar-refractivity contribution in [2.45, 2.75) is 13.8 Å². The van der Waals surface area contributed by atoms with Gasteiger partial charge in [-0.2, -0.15) is 5.26 Å². The van der Waals surface area contributed by atoms with Crippen molar-refractivity contribution in [3.05, 3.63) is 59.2 Å². The average Bonchev–Trinajstić information content (AvgIpc) is 2.72. The van der Waals surface area contributed by atoms with Gasteiger partial charge in [-0.1, -0.05) is 23.8 Å². The van der Waals surface area contributed by atoms with Gasteiger partial charge in [-0.05, 0) is 49.8 Å². The number of nitrogens with zero attached hydrogens (tertiary/aromatic N) is 1. The lowest BCUT2D eigenvalue weighted by Crippen LogP contribution is -2.13. The smallest absolute Gasteiger partial charge is 0.343 e. The van der Waals surface area contributed by atoms with Gasteiger partial charge in [0.2, 0.25) is 0 Å². The molecule has 0 aliphatic heterocycles. The molecule has 7 nitrogen and oxygen atoms in total. The standard InChI is InChI=1S/C22H22N2O5/c1-4-28-20-12-16(7-10-19(20)29-14-21(25)27-3)11-17(13-23)22(26)24-18-8-5-15(2)6-9-18/h5-12H,4,14H2,1-3H3,(H,24,26)/b17-11+. The highest BCUT2D eigenvalue weighted by Crippen LogP contribution is 2.29. The summed E-state index contributed by atoms with van der Waals surface area (Å²) in [6.45, 7) is 3.87. The molecule has 0 aliphatic rings. The molecule has 1 N–H and O–H groups in total. The van der Waals surface area contributed by atoms with Crippen molar-refractivity contribution in [2.75, 3.05) is 25.6 Å². The summed E-state index contributed by atoms with van der Waals surface area (Å²) in [6.07, 6.45) is 1.45. The van der Waals surface area contributed by atoms with Crippen LogP contribution in [0, 0.1) is 18.3 Å². The van der Waals surface area contributed by atoms with Gasteiger partial charge < -0.3 is 19.5 Å². The van der Waals surface area contributed by atoms with Crippen molar-refractivity contribution in [3.8, 4) is 17.6 Å². The monoisotopic (exact) mass is 394 g/mol. The fraction of sp³-hybridized carbons (Fsp3) is 0.227. The number of nitriles is 1. The molecule has 0 radical (unpaired) electrons. The van der Waals surface area contributed by atoms with Gasteiger partial charge >= 0.3 is 5.97 Å². The second kappa shape index (κ2) is 10.5. The zero-order valence-electron chi connectivity index (χ0n) is 16.5. The van der Waals surface area contributed by atoms with Crippen LogP contribution in [0.15, 0.2) is 48.0 Å². The summed E-state index contributed by atoms with van der Waals surface area (Å²) in [4.78, 5) is 23.7. The van der Waals surface area contributed by atoms with Gasteiger partial charge in [-0.15, -0.1) is 0 Å². The number of esters is 1. The number of ether oxygens (including phenoxy) is 3. The quantitative estimate of drug-likeness (QED) is 0.418. The Morgan fingerprint density at radius 1 is 1.10 bits per heavy atom. The molecule has 0 unspecified atom stereocenters. The summed E-state index contributed by atoms with van der Waals surface area (Å²) in [5.74, 6) is -0.283. The first-order valence-electron chi connectivity index (χ1n) is 8.93. The molecule has 0 saturated carbocycles. The van der Waals surface area contributed by atoms with Crippen LogP contribution in [0.4, 0.5) is 5.69 Å². The van der Waals surface area contributed by atoms with E-state index < -0.39 is 11.9 Å². The van der Waals surface area contributed by atoms with Crippen LogP contribution < -0.4 is 14.8 Å². The number of hydrogen-bond acceptors (Lipinski definition) is 6. The van der Waals surface area contributed by atoms with E-state index in [1.807, 2.05) is 32.0 Å². The number of methoxy groups -OCH3 is 1. The number of carbonyl (C=O) groups excluding carboxylic acids is 2. The second-order valence-electron chi connectivity index (χ2n) is 5.99. The molecule has 0 heterocycles. The molecule has 0 saturated heterocycles. The second-order valence-corrected chi connectivity index (χ2v) is 5.99. The van der Waals surface area contributed by atoms with Crippen molar-refractivity contribution in [1.29, 1.82) is 5.26 Å². The molecular weight excluding hydrogens is 372 g/mol. The molecule has 2 aromatic rings. The third-order valence-corrected chi connectivity index (χ3v) is 3.83. The Hall–Kier alpha value is -3.79. The number of benzene rings is 2. The molecule has 0 atom stereocenters.